The number of hydrogen-bond donors (Lipinski definition) is 0. The Labute approximate surface area is 310 Å². The number of nitrogens with zero attached hydrogens (tertiary/aromatic N) is 3. The van der Waals surface area contributed by atoms with Crippen molar-refractivity contribution in [2.45, 2.75) is 105 Å². The average molecular weight is 720 g/mol. The molecule has 6 aromatic rings. The summed E-state index contributed by atoms with van der Waals surface area (Å²) in [5, 5.41) is 2.30. The van der Waals surface area contributed by atoms with Gasteiger partial charge in [0, 0.05) is 6.07 Å². The first-order valence-corrected chi connectivity index (χ1v) is 20.7. The van der Waals surface area contributed by atoms with Gasteiger partial charge in [0.2, 0.25) is 5.88 Å². The van der Waals surface area contributed by atoms with Gasteiger partial charge < -0.3 is 4.74 Å². The lowest BCUT2D eigenvalue weighted by atomic mass is 10.1. The molecule has 6 rings (SSSR count). The van der Waals surface area contributed by atoms with Gasteiger partial charge in [-0.25, -0.2) is 15.0 Å². The third kappa shape index (κ3) is 8.98. The van der Waals surface area contributed by atoms with E-state index in [0.29, 0.717) is 5.88 Å². The lowest BCUT2D eigenvalue weighted by Gasteiger charge is -2.20. The Kier molecular flexibility index (Phi) is 12.0. The standard InChI is InChI=1S/C43H49N3OS3/c1-7-10-16-29-25-37(48-28-29)32-19-13-22-35(44-32)41-30(17-11-8-2)26-38(49-41)33-20-14-23-36(45-33)42-31(18-12-9-3)27-39(50-42)34-21-15-24-40(46-34)47-43(4,5)6/h13-15,19-28H,7-12,16-18H2,1-6H3. The Morgan fingerprint density at radius 3 is 1.58 bits per heavy atom. The van der Waals surface area contributed by atoms with Gasteiger partial charge in [-0.15, -0.1) is 34.0 Å². The van der Waals surface area contributed by atoms with Crippen LogP contribution in [-0.4, -0.2) is 20.6 Å². The number of hydrogen-bond acceptors (Lipinski definition) is 7. The molecule has 0 unspecified atom stereocenters. The van der Waals surface area contributed by atoms with Crippen LogP contribution in [0, 0.1) is 0 Å². The highest BCUT2D eigenvalue weighted by molar-refractivity contribution is 7.19. The lowest BCUT2D eigenvalue weighted by Crippen LogP contribution is -2.23. The minimum Gasteiger partial charge on any atom is -0.472 e. The molecule has 4 nitrogen and oxygen atoms in total. The van der Waals surface area contributed by atoms with Gasteiger partial charge in [-0.1, -0.05) is 58.2 Å². The predicted octanol–water partition coefficient (Wildman–Crippen LogP) is 13.6. The maximum absolute atomic E-state index is 6.10. The number of unbranched alkanes of at least 4 members (excludes halogenated alkanes) is 3. The van der Waals surface area contributed by atoms with Gasteiger partial charge in [0.1, 0.15) is 5.60 Å². The van der Waals surface area contributed by atoms with Crippen molar-refractivity contribution in [2.75, 3.05) is 0 Å². The van der Waals surface area contributed by atoms with E-state index in [2.05, 4.69) is 108 Å². The molecule has 0 aliphatic heterocycles. The average Bonchev–Trinajstić information content (AvgIpc) is 3.87. The van der Waals surface area contributed by atoms with E-state index in [1.54, 1.807) is 11.3 Å². The lowest BCUT2D eigenvalue weighted by molar-refractivity contribution is 0.124. The summed E-state index contributed by atoms with van der Waals surface area (Å²) < 4.78 is 6.10. The van der Waals surface area contributed by atoms with Crippen molar-refractivity contribution in [1.82, 2.24) is 15.0 Å². The van der Waals surface area contributed by atoms with E-state index in [4.69, 9.17) is 19.7 Å². The summed E-state index contributed by atoms with van der Waals surface area (Å²) in [4.78, 5) is 21.5. The fraction of sp³-hybridized carbons (Fsp3) is 0.372. The Morgan fingerprint density at radius 2 is 1.04 bits per heavy atom. The fourth-order valence-corrected chi connectivity index (χ4v) is 9.21. The number of thiophene rings is 3. The van der Waals surface area contributed by atoms with Crippen molar-refractivity contribution >= 4 is 34.0 Å². The number of aryl methyl sites for hydroxylation is 3. The number of aromatic nitrogens is 3. The van der Waals surface area contributed by atoms with Gasteiger partial charge >= 0.3 is 0 Å². The SMILES string of the molecule is CCCCc1csc(-c2cccc(-c3sc(-c4cccc(-c5sc(-c6cccc(OC(C)(C)C)n6)cc5CCCC)n4)cc3CCCC)n2)c1. The molecule has 50 heavy (non-hydrogen) atoms. The fourth-order valence-electron chi connectivity index (χ4n) is 5.99. The van der Waals surface area contributed by atoms with Gasteiger partial charge in [0.05, 0.1) is 52.9 Å². The molecule has 7 heteroatoms. The molecule has 6 aromatic heterocycles. The molecule has 0 spiro atoms. The topological polar surface area (TPSA) is 47.9 Å². The van der Waals surface area contributed by atoms with Gasteiger partial charge in [-0.05, 0) is 130 Å². The van der Waals surface area contributed by atoms with Crippen LogP contribution in [0.2, 0.25) is 0 Å². The van der Waals surface area contributed by atoms with Gasteiger partial charge in [0.25, 0.3) is 0 Å². The molecule has 0 aliphatic carbocycles. The van der Waals surface area contributed by atoms with Gasteiger partial charge in [-0.3, -0.25) is 0 Å². The molecule has 0 atom stereocenters. The first kappa shape index (κ1) is 36.2. The van der Waals surface area contributed by atoms with Gasteiger partial charge in [-0.2, -0.15) is 0 Å². The van der Waals surface area contributed by atoms with Crippen molar-refractivity contribution in [3.63, 3.8) is 0 Å². The monoisotopic (exact) mass is 719 g/mol. The largest absolute Gasteiger partial charge is 0.472 e. The van der Waals surface area contributed by atoms with E-state index in [1.165, 1.54) is 49.0 Å². The Morgan fingerprint density at radius 1 is 0.560 bits per heavy atom. The summed E-state index contributed by atoms with van der Waals surface area (Å²) in [6.07, 6.45) is 10.2. The minimum absolute atomic E-state index is 0.304. The van der Waals surface area contributed by atoms with Gasteiger partial charge in [0.15, 0.2) is 0 Å². The summed E-state index contributed by atoms with van der Waals surface area (Å²) in [5.74, 6) is 0.652. The van der Waals surface area contributed by atoms with Crippen LogP contribution in [0.3, 0.4) is 0 Å². The Hall–Kier alpha value is -3.65. The van der Waals surface area contributed by atoms with Crippen molar-refractivity contribution < 1.29 is 4.74 Å². The van der Waals surface area contributed by atoms with Crippen molar-refractivity contribution in [3.05, 3.63) is 94.9 Å². The smallest absolute Gasteiger partial charge is 0.214 e. The first-order chi connectivity index (χ1) is 24.2. The molecule has 0 saturated carbocycles. The number of rotatable bonds is 15. The highest BCUT2D eigenvalue weighted by Gasteiger charge is 2.19. The summed E-state index contributed by atoms with van der Waals surface area (Å²) in [6.45, 7) is 12.9. The molecule has 0 aromatic carbocycles. The summed E-state index contributed by atoms with van der Waals surface area (Å²) in [7, 11) is 0. The molecular weight excluding hydrogens is 671 g/mol. The van der Waals surface area contributed by atoms with Crippen LogP contribution in [0.4, 0.5) is 0 Å². The molecule has 260 valence electrons. The zero-order valence-electron chi connectivity index (χ0n) is 30.3. The molecule has 6 heterocycles. The second-order valence-corrected chi connectivity index (χ2v) is 17.0. The summed E-state index contributed by atoms with van der Waals surface area (Å²) in [6, 6.07) is 26.0. The summed E-state index contributed by atoms with van der Waals surface area (Å²) >= 11 is 5.41. The maximum atomic E-state index is 6.10. The van der Waals surface area contributed by atoms with Crippen LogP contribution in [0.15, 0.2) is 78.2 Å². The number of pyridine rings is 3. The molecule has 0 saturated heterocycles. The van der Waals surface area contributed by atoms with Crippen LogP contribution >= 0.6 is 34.0 Å². The van der Waals surface area contributed by atoms with E-state index in [1.807, 2.05) is 34.8 Å². The first-order valence-electron chi connectivity index (χ1n) is 18.2. The number of ether oxygens (including phenoxy) is 1. The van der Waals surface area contributed by atoms with E-state index in [0.717, 1.165) is 78.3 Å². The van der Waals surface area contributed by atoms with Crippen LogP contribution in [0.5, 0.6) is 5.88 Å². The molecule has 0 bridgehead atoms. The van der Waals surface area contributed by atoms with Crippen molar-refractivity contribution in [3.8, 4) is 58.7 Å². The molecule has 0 N–H and O–H groups in total. The molecule has 0 aliphatic rings. The van der Waals surface area contributed by atoms with Crippen LogP contribution < -0.4 is 4.74 Å². The normalized spacial score (nSPS) is 11.7. The molecular formula is C43H49N3OS3. The highest BCUT2D eigenvalue weighted by Crippen LogP contribution is 2.42. The Balaban J connectivity index is 1.34. The quantitative estimate of drug-likeness (QED) is 0.106. The van der Waals surface area contributed by atoms with Crippen molar-refractivity contribution in [1.29, 1.82) is 0 Å². The van der Waals surface area contributed by atoms with Crippen LogP contribution in [-0.2, 0) is 19.3 Å². The second kappa shape index (κ2) is 16.6. The van der Waals surface area contributed by atoms with E-state index in [-0.39, 0.29) is 5.60 Å². The Bertz CT molecular complexity index is 2010. The molecule has 0 fully saturated rings. The van der Waals surface area contributed by atoms with E-state index < -0.39 is 0 Å². The third-order valence-electron chi connectivity index (χ3n) is 8.55. The van der Waals surface area contributed by atoms with Crippen LogP contribution in [0.1, 0.15) is 96.8 Å². The summed E-state index contributed by atoms with van der Waals surface area (Å²) in [5.41, 5.74) is 8.91. The van der Waals surface area contributed by atoms with E-state index >= 15 is 0 Å². The second-order valence-electron chi connectivity index (χ2n) is 14.0. The predicted molar refractivity (Wildman–Crippen MR) is 217 cm³/mol. The zero-order chi connectivity index (χ0) is 35.1. The molecule has 0 amide bonds. The third-order valence-corrected chi connectivity index (χ3v) is 12.0. The molecule has 0 radical (unpaired) electrons. The highest BCUT2D eigenvalue weighted by atomic mass is 32.1. The zero-order valence-corrected chi connectivity index (χ0v) is 32.8. The van der Waals surface area contributed by atoms with E-state index in [9.17, 15) is 0 Å². The van der Waals surface area contributed by atoms with Crippen LogP contribution in [0.25, 0.3) is 52.9 Å². The minimum atomic E-state index is -0.304. The van der Waals surface area contributed by atoms with Crippen molar-refractivity contribution in [2.24, 2.45) is 0 Å². The maximum Gasteiger partial charge on any atom is 0.214 e.